The van der Waals surface area contributed by atoms with Crippen molar-refractivity contribution in [3.8, 4) is 0 Å². The molecule has 28 heavy (non-hydrogen) atoms. The number of piperidine rings is 1. The summed E-state index contributed by atoms with van der Waals surface area (Å²) in [5.74, 6) is 0.986. The van der Waals surface area contributed by atoms with Gasteiger partial charge >= 0.3 is 0 Å². The number of nitrogens with zero attached hydrogens (tertiary/aromatic N) is 2. The minimum absolute atomic E-state index is 0.108. The average molecular weight is 426 g/mol. The molecule has 1 amide bonds. The van der Waals surface area contributed by atoms with Crippen LogP contribution < -0.4 is 4.72 Å². The van der Waals surface area contributed by atoms with E-state index in [1.54, 1.807) is 18.7 Å². The number of nitrogens with one attached hydrogen (secondary N) is 1. The summed E-state index contributed by atoms with van der Waals surface area (Å²) in [6.45, 7) is 6.82. The van der Waals surface area contributed by atoms with Crippen LogP contribution in [0.25, 0.3) is 0 Å². The molecule has 1 aromatic carbocycles. The quantitative estimate of drug-likeness (QED) is 0.793. The van der Waals surface area contributed by atoms with Crippen LogP contribution in [0.15, 0.2) is 27.5 Å². The minimum atomic E-state index is -3.75. The molecule has 3 rings (SSSR count). The molecule has 1 aromatic heterocycles. The van der Waals surface area contributed by atoms with Crippen LogP contribution in [-0.2, 0) is 16.6 Å². The molecule has 0 unspecified atom stereocenters. The summed E-state index contributed by atoms with van der Waals surface area (Å²) in [4.78, 5) is 18.8. The Morgan fingerprint density at radius 3 is 2.64 bits per heavy atom. The van der Waals surface area contributed by atoms with Crippen molar-refractivity contribution in [3.05, 3.63) is 46.1 Å². The van der Waals surface area contributed by atoms with E-state index in [2.05, 4.69) is 16.6 Å². The van der Waals surface area contributed by atoms with Crippen molar-refractivity contribution >= 4 is 27.5 Å². The van der Waals surface area contributed by atoms with Gasteiger partial charge in [0.15, 0.2) is 5.69 Å². The third kappa shape index (κ3) is 4.56. The van der Waals surface area contributed by atoms with Crippen molar-refractivity contribution in [2.45, 2.75) is 45.1 Å². The van der Waals surface area contributed by atoms with Crippen molar-refractivity contribution in [3.63, 3.8) is 0 Å². The molecule has 0 aliphatic carbocycles. The van der Waals surface area contributed by atoms with Crippen molar-refractivity contribution in [1.82, 2.24) is 14.6 Å². The Balaban J connectivity index is 1.69. The zero-order chi connectivity index (χ0) is 20.5. The molecule has 2 aromatic rings. The van der Waals surface area contributed by atoms with E-state index in [1.165, 1.54) is 18.2 Å². The lowest BCUT2D eigenvalue weighted by Gasteiger charge is -2.29. The Hall–Kier alpha value is -1.90. The first kappa shape index (κ1) is 20.8. The normalized spacial score (nSPS) is 15.8. The van der Waals surface area contributed by atoms with Crippen LogP contribution in [0.5, 0.6) is 0 Å². The number of carbonyl (C=O) groups excluding carboxylic acids is 1. The number of oxazole rings is 1. The highest BCUT2D eigenvalue weighted by molar-refractivity contribution is 7.89. The van der Waals surface area contributed by atoms with E-state index < -0.39 is 10.0 Å². The van der Waals surface area contributed by atoms with Crippen molar-refractivity contribution in [2.75, 3.05) is 13.1 Å². The number of amides is 1. The SMILES string of the molecule is Cc1cc(S(=O)(=O)NCc2nc(C(=O)N3CCC(C)CC3)c(C)o2)ccc1Cl. The average Bonchev–Trinajstić information content (AvgIpc) is 3.03. The van der Waals surface area contributed by atoms with Gasteiger partial charge in [0, 0.05) is 18.1 Å². The van der Waals surface area contributed by atoms with Crippen molar-refractivity contribution in [1.29, 1.82) is 0 Å². The van der Waals surface area contributed by atoms with E-state index in [1.807, 2.05) is 0 Å². The van der Waals surface area contributed by atoms with Crippen LogP contribution in [0.1, 0.15) is 47.5 Å². The lowest BCUT2D eigenvalue weighted by Crippen LogP contribution is -2.38. The van der Waals surface area contributed by atoms with Crippen molar-refractivity contribution in [2.24, 2.45) is 5.92 Å². The number of hydrogen-bond acceptors (Lipinski definition) is 5. The number of hydrogen-bond donors (Lipinski definition) is 1. The molecular formula is C19H24ClN3O4S. The molecule has 9 heteroatoms. The number of carbonyl (C=O) groups is 1. The second kappa shape index (κ2) is 8.23. The maximum Gasteiger partial charge on any atom is 0.276 e. The molecule has 1 saturated heterocycles. The summed E-state index contributed by atoms with van der Waals surface area (Å²) in [6.07, 6.45) is 1.94. The fraction of sp³-hybridized carbons (Fsp3) is 0.474. The fourth-order valence-corrected chi connectivity index (χ4v) is 4.29. The van der Waals surface area contributed by atoms with Crippen LogP contribution in [0.3, 0.4) is 0 Å². The van der Waals surface area contributed by atoms with Crippen LogP contribution in [0.2, 0.25) is 5.02 Å². The monoisotopic (exact) mass is 425 g/mol. The standard InChI is InChI=1S/C19H24ClN3O4S/c1-12-6-8-23(9-7-12)19(24)18-14(3)27-17(22-18)11-21-28(25,26)15-4-5-16(20)13(2)10-15/h4-5,10,12,21H,6-9,11H2,1-3H3. The third-order valence-corrected chi connectivity index (χ3v) is 6.79. The number of sulfonamides is 1. The van der Waals surface area contributed by atoms with Gasteiger partial charge in [-0.1, -0.05) is 18.5 Å². The molecule has 0 radical (unpaired) electrons. The summed E-state index contributed by atoms with van der Waals surface area (Å²) in [6, 6.07) is 4.47. The number of aromatic nitrogens is 1. The van der Waals surface area contributed by atoms with Gasteiger partial charge in [-0.2, -0.15) is 0 Å². The summed E-state index contributed by atoms with van der Waals surface area (Å²) in [7, 11) is -3.75. The molecule has 7 nitrogen and oxygen atoms in total. The molecule has 0 atom stereocenters. The smallest absolute Gasteiger partial charge is 0.276 e. The summed E-state index contributed by atoms with van der Waals surface area (Å²) in [5.41, 5.74) is 0.909. The van der Waals surface area contributed by atoms with Gasteiger partial charge in [-0.25, -0.2) is 18.1 Å². The topological polar surface area (TPSA) is 92.5 Å². The highest BCUT2D eigenvalue weighted by Gasteiger charge is 2.26. The Morgan fingerprint density at radius 2 is 2.00 bits per heavy atom. The first-order valence-electron chi connectivity index (χ1n) is 9.19. The first-order valence-corrected chi connectivity index (χ1v) is 11.0. The van der Waals surface area contributed by atoms with Gasteiger partial charge in [0.25, 0.3) is 5.91 Å². The number of rotatable bonds is 5. The second-order valence-electron chi connectivity index (χ2n) is 7.22. The molecule has 0 spiro atoms. The Morgan fingerprint density at radius 1 is 1.32 bits per heavy atom. The Kier molecular flexibility index (Phi) is 6.12. The largest absolute Gasteiger partial charge is 0.444 e. The van der Waals surface area contributed by atoms with E-state index in [0.717, 1.165) is 12.8 Å². The van der Waals surface area contributed by atoms with Gasteiger partial charge in [0.1, 0.15) is 5.76 Å². The van der Waals surface area contributed by atoms with E-state index >= 15 is 0 Å². The summed E-state index contributed by atoms with van der Waals surface area (Å²) < 4.78 is 32.9. The molecule has 2 heterocycles. The molecule has 152 valence electrons. The summed E-state index contributed by atoms with van der Waals surface area (Å²) in [5, 5.41) is 0.498. The van der Waals surface area contributed by atoms with Crippen LogP contribution in [-0.4, -0.2) is 37.3 Å². The maximum absolute atomic E-state index is 12.7. The van der Waals surface area contributed by atoms with Crippen LogP contribution >= 0.6 is 11.6 Å². The molecule has 0 bridgehead atoms. The zero-order valence-corrected chi connectivity index (χ0v) is 17.7. The number of benzene rings is 1. The number of likely N-dealkylation sites (tertiary alicyclic amines) is 1. The molecular weight excluding hydrogens is 402 g/mol. The third-order valence-electron chi connectivity index (χ3n) is 4.97. The predicted octanol–water partition coefficient (Wildman–Crippen LogP) is 3.30. The lowest BCUT2D eigenvalue weighted by molar-refractivity contribution is 0.0690. The van der Waals surface area contributed by atoms with Gasteiger partial charge in [-0.3, -0.25) is 4.79 Å². The number of aryl methyl sites for hydroxylation is 2. The van der Waals surface area contributed by atoms with Gasteiger partial charge < -0.3 is 9.32 Å². The van der Waals surface area contributed by atoms with Gasteiger partial charge in [0.2, 0.25) is 15.9 Å². The zero-order valence-electron chi connectivity index (χ0n) is 16.2. The van der Waals surface area contributed by atoms with Crippen molar-refractivity contribution < 1.29 is 17.6 Å². The van der Waals surface area contributed by atoms with Crippen LogP contribution in [0.4, 0.5) is 0 Å². The van der Waals surface area contributed by atoms with E-state index in [0.29, 0.717) is 35.4 Å². The predicted molar refractivity (Wildman–Crippen MR) is 106 cm³/mol. The minimum Gasteiger partial charge on any atom is -0.444 e. The van der Waals surface area contributed by atoms with E-state index in [-0.39, 0.29) is 28.9 Å². The molecule has 1 aliphatic heterocycles. The highest BCUT2D eigenvalue weighted by Crippen LogP contribution is 2.21. The lowest BCUT2D eigenvalue weighted by atomic mass is 9.99. The molecule has 1 fully saturated rings. The van der Waals surface area contributed by atoms with Gasteiger partial charge in [-0.05, 0) is 56.4 Å². The second-order valence-corrected chi connectivity index (χ2v) is 9.40. The Labute approximate surface area is 170 Å². The molecule has 0 saturated carbocycles. The molecule has 1 aliphatic rings. The summed E-state index contributed by atoms with van der Waals surface area (Å²) >= 11 is 5.95. The number of halogens is 1. The first-order chi connectivity index (χ1) is 13.2. The molecule has 1 N–H and O–H groups in total. The van der Waals surface area contributed by atoms with Gasteiger partial charge in [-0.15, -0.1) is 0 Å². The van der Waals surface area contributed by atoms with E-state index in [9.17, 15) is 13.2 Å². The van der Waals surface area contributed by atoms with Crippen LogP contribution in [0, 0.1) is 19.8 Å². The fourth-order valence-electron chi connectivity index (χ4n) is 3.11. The Bertz CT molecular complexity index is 979. The van der Waals surface area contributed by atoms with E-state index in [4.69, 9.17) is 16.0 Å². The highest BCUT2D eigenvalue weighted by atomic mass is 35.5. The maximum atomic E-state index is 12.7. The van der Waals surface area contributed by atoms with Gasteiger partial charge in [0.05, 0.1) is 11.4 Å².